The highest BCUT2D eigenvalue weighted by atomic mass is 16.7. The lowest BCUT2D eigenvalue weighted by Crippen LogP contribution is -2.38. The minimum atomic E-state index is -0.831. The first kappa shape index (κ1) is 21.6. The van der Waals surface area contributed by atoms with Gasteiger partial charge in [-0.3, -0.25) is 4.99 Å². The summed E-state index contributed by atoms with van der Waals surface area (Å²) in [6, 6.07) is 11.2. The second-order valence-electron chi connectivity index (χ2n) is 6.86. The van der Waals surface area contributed by atoms with Gasteiger partial charge in [0.25, 0.3) is 0 Å². The maximum Gasteiger partial charge on any atom is 0.231 e. The SMILES string of the molecule is CCNC(=NCC(O)c1cc(OC)ccc1OC)N(C)Cc1ccc2c(c1)OCO2. The van der Waals surface area contributed by atoms with Crippen LogP contribution >= 0.6 is 0 Å². The number of rotatable bonds is 8. The molecule has 1 unspecified atom stereocenters. The van der Waals surface area contributed by atoms with Gasteiger partial charge in [0.15, 0.2) is 17.5 Å². The van der Waals surface area contributed by atoms with E-state index in [1.165, 1.54) is 0 Å². The molecule has 1 aliphatic rings. The second kappa shape index (κ2) is 10.1. The Morgan fingerprint density at radius 3 is 2.70 bits per heavy atom. The van der Waals surface area contributed by atoms with Gasteiger partial charge >= 0.3 is 0 Å². The van der Waals surface area contributed by atoms with Crippen molar-refractivity contribution in [1.29, 1.82) is 0 Å². The van der Waals surface area contributed by atoms with Crippen molar-refractivity contribution in [2.75, 3.05) is 41.1 Å². The number of aliphatic hydroxyl groups is 1. The molecule has 0 spiro atoms. The van der Waals surface area contributed by atoms with E-state index in [4.69, 9.17) is 18.9 Å². The van der Waals surface area contributed by atoms with Gasteiger partial charge in [0.1, 0.15) is 17.6 Å². The van der Waals surface area contributed by atoms with Crippen LogP contribution in [-0.2, 0) is 6.54 Å². The van der Waals surface area contributed by atoms with Gasteiger partial charge in [0.2, 0.25) is 6.79 Å². The maximum atomic E-state index is 10.7. The van der Waals surface area contributed by atoms with Crippen LogP contribution in [0.1, 0.15) is 24.2 Å². The van der Waals surface area contributed by atoms with Crippen molar-refractivity contribution in [3.8, 4) is 23.0 Å². The predicted octanol–water partition coefficient (Wildman–Crippen LogP) is 2.56. The van der Waals surface area contributed by atoms with Crippen molar-refractivity contribution in [1.82, 2.24) is 10.2 Å². The monoisotopic (exact) mass is 415 g/mol. The van der Waals surface area contributed by atoms with Crippen LogP contribution < -0.4 is 24.3 Å². The van der Waals surface area contributed by atoms with E-state index in [1.807, 2.05) is 37.1 Å². The molecule has 0 saturated carbocycles. The largest absolute Gasteiger partial charge is 0.497 e. The molecule has 0 amide bonds. The van der Waals surface area contributed by atoms with E-state index in [1.54, 1.807) is 32.4 Å². The van der Waals surface area contributed by atoms with Gasteiger partial charge < -0.3 is 34.3 Å². The number of hydrogen-bond donors (Lipinski definition) is 2. The first-order valence-electron chi connectivity index (χ1n) is 9.83. The van der Waals surface area contributed by atoms with Crippen LogP contribution in [0.4, 0.5) is 0 Å². The Morgan fingerprint density at radius 1 is 1.17 bits per heavy atom. The lowest BCUT2D eigenvalue weighted by Gasteiger charge is -2.23. The fourth-order valence-electron chi connectivity index (χ4n) is 3.23. The number of methoxy groups -OCH3 is 2. The average Bonchev–Trinajstić information content (AvgIpc) is 3.23. The predicted molar refractivity (Wildman–Crippen MR) is 115 cm³/mol. The van der Waals surface area contributed by atoms with E-state index in [2.05, 4.69) is 10.3 Å². The van der Waals surface area contributed by atoms with Crippen LogP contribution in [0.15, 0.2) is 41.4 Å². The summed E-state index contributed by atoms with van der Waals surface area (Å²) in [5, 5.41) is 14.0. The molecule has 8 heteroatoms. The molecular formula is C22H29N3O5. The zero-order chi connectivity index (χ0) is 21.5. The average molecular weight is 415 g/mol. The summed E-state index contributed by atoms with van der Waals surface area (Å²) in [4.78, 5) is 6.61. The van der Waals surface area contributed by atoms with E-state index in [0.29, 0.717) is 36.1 Å². The normalized spacial score (nSPS) is 13.7. The Labute approximate surface area is 177 Å². The molecule has 0 aromatic heterocycles. The molecule has 2 aromatic rings. The Hall–Kier alpha value is -3.13. The molecule has 0 radical (unpaired) electrons. The van der Waals surface area contributed by atoms with E-state index in [-0.39, 0.29) is 13.3 Å². The summed E-state index contributed by atoms with van der Waals surface area (Å²) in [5.74, 6) is 3.45. The van der Waals surface area contributed by atoms with Crippen LogP contribution in [0.5, 0.6) is 23.0 Å². The Bertz CT molecular complexity index is 887. The minimum Gasteiger partial charge on any atom is -0.497 e. The van der Waals surface area contributed by atoms with Crippen molar-refractivity contribution in [2.24, 2.45) is 4.99 Å². The van der Waals surface area contributed by atoms with Crippen molar-refractivity contribution >= 4 is 5.96 Å². The number of guanidine groups is 1. The molecular weight excluding hydrogens is 386 g/mol. The van der Waals surface area contributed by atoms with Crippen LogP contribution in [0.25, 0.3) is 0 Å². The zero-order valence-corrected chi connectivity index (χ0v) is 17.8. The summed E-state index contributed by atoms with van der Waals surface area (Å²) < 4.78 is 21.5. The van der Waals surface area contributed by atoms with E-state index < -0.39 is 6.10 Å². The second-order valence-corrected chi connectivity index (χ2v) is 6.86. The molecule has 30 heavy (non-hydrogen) atoms. The number of benzene rings is 2. The van der Waals surface area contributed by atoms with Gasteiger partial charge in [-0.15, -0.1) is 0 Å². The van der Waals surface area contributed by atoms with Crippen LogP contribution in [0.3, 0.4) is 0 Å². The maximum absolute atomic E-state index is 10.7. The van der Waals surface area contributed by atoms with Crippen LogP contribution in [-0.4, -0.2) is 57.1 Å². The van der Waals surface area contributed by atoms with Crippen molar-refractivity contribution < 1.29 is 24.1 Å². The van der Waals surface area contributed by atoms with Gasteiger partial charge in [-0.1, -0.05) is 6.07 Å². The van der Waals surface area contributed by atoms with Gasteiger partial charge in [-0.2, -0.15) is 0 Å². The smallest absolute Gasteiger partial charge is 0.231 e. The molecule has 0 aliphatic carbocycles. The number of nitrogens with zero attached hydrogens (tertiary/aromatic N) is 2. The third-order valence-corrected chi connectivity index (χ3v) is 4.76. The highest BCUT2D eigenvalue weighted by Gasteiger charge is 2.17. The molecule has 1 aliphatic heterocycles. The van der Waals surface area contributed by atoms with Crippen molar-refractivity contribution in [3.05, 3.63) is 47.5 Å². The molecule has 8 nitrogen and oxygen atoms in total. The number of fused-ring (bicyclic) bond motifs is 1. The zero-order valence-electron chi connectivity index (χ0n) is 17.8. The standard InChI is InChI=1S/C22H29N3O5/c1-5-23-22(25(2)13-15-6-8-20-21(10-15)30-14-29-20)24-12-18(26)17-11-16(27-3)7-9-19(17)28-4/h6-11,18,26H,5,12-14H2,1-4H3,(H,23,24). The number of ether oxygens (including phenoxy) is 4. The van der Waals surface area contributed by atoms with E-state index in [0.717, 1.165) is 17.1 Å². The number of aliphatic hydroxyl groups excluding tert-OH is 1. The van der Waals surface area contributed by atoms with Gasteiger partial charge in [0, 0.05) is 25.7 Å². The summed E-state index contributed by atoms with van der Waals surface area (Å²) in [7, 11) is 5.11. The third kappa shape index (κ3) is 5.07. The number of nitrogens with one attached hydrogen (secondary N) is 1. The first-order valence-corrected chi connectivity index (χ1v) is 9.83. The van der Waals surface area contributed by atoms with Gasteiger partial charge in [-0.25, -0.2) is 0 Å². The van der Waals surface area contributed by atoms with Gasteiger partial charge in [0.05, 0.1) is 20.8 Å². The Morgan fingerprint density at radius 2 is 1.97 bits per heavy atom. The fourth-order valence-corrected chi connectivity index (χ4v) is 3.23. The molecule has 0 saturated heterocycles. The van der Waals surface area contributed by atoms with Gasteiger partial charge in [-0.05, 0) is 42.8 Å². The summed E-state index contributed by atoms with van der Waals surface area (Å²) in [5.41, 5.74) is 1.71. The first-order chi connectivity index (χ1) is 14.5. The lowest BCUT2D eigenvalue weighted by molar-refractivity contribution is 0.174. The van der Waals surface area contributed by atoms with Crippen LogP contribution in [0, 0.1) is 0 Å². The summed E-state index contributed by atoms with van der Waals surface area (Å²) in [6.45, 7) is 3.77. The van der Waals surface area contributed by atoms with E-state index >= 15 is 0 Å². The quantitative estimate of drug-likeness (QED) is 0.506. The Kier molecular flexibility index (Phi) is 7.24. The Balaban J connectivity index is 1.72. The fraction of sp³-hybridized carbons (Fsp3) is 0.409. The van der Waals surface area contributed by atoms with Crippen molar-refractivity contribution in [3.63, 3.8) is 0 Å². The van der Waals surface area contributed by atoms with Crippen LogP contribution in [0.2, 0.25) is 0 Å². The highest BCUT2D eigenvalue weighted by Crippen LogP contribution is 2.33. The number of hydrogen-bond acceptors (Lipinski definition) is 6. The molecule has 1 heterocycles. The minimum absolute atomic E-state index is 0.178. The molecule has 2 aromatic carbocycles. The summed E-state index contributed by atoms with van der Waals surface area (Å²) >= 11 is 0. The third-order valence-electron chi connectivity index (χ3n) is 4.76. The molecule has 1 atom stereocenters. The molecule has 2 N–H and O–H groups in total. The van der Waals surface area contributed by atoms with Crippen molar-refractivity contribution in [2.45, 2.75) is 19.6 Å². The molecule has 162 valence electrons. The number of aliphatic imine (C=N–C) groups is 1. The lowest BCUT2D eigenvalue weighted by atomic mass is 10.1. The topological polar surface area (TPSA) is 84.8 Å². The summed E-state index contributed by atoms with van der Waals surface area (Å²) in [6.07, 6.45) is -0.831. The molecule has 0 fully saturated rings. The van der Waals surface area contributed by atoms with E-state index in [9.17, 15) is 5.11 Å². The highest BCUT2D eigenvalue weighted by molar-refractivity contribution is 5.79. The molecule has 3 rings (SSSR count). The molecule has 0 bridgehead atoms.